The van der Waals surface area contributed by atoms with Crippen LogP contribution in [-0.2, 0) is 4.79 Å². The van der Waals surface area contributed by atoms with Crippen LogP contribution in [0.15, 0.2) is 11.0 Å². The van der Waals surface area contributed by atoms with Crippen LogP contribution in [0.2, 0.25) is 0 Å². The molecule has 0 aliphatic carbocycles. The first kappa shape index (κ1) is 14.2. The normalized spacial score (nSPS) is 18.6. The molecule has 3 rings (SSSR count). The van der Waals surface area contributed by atoms with Crippen molar-refractivity contribution in [2.45, 2.75) is 19.8 Å². The average Bonchev–Trinajstić information content (AvgIpc) is 2.90. The Bertz CT molecular complexity index is 808. The number of hydrogen-bond acceptors (Lipinski definition) is 5. The lowest BCUT2D eigenvalue weighted by Crippen LogP contribution is -2.42. The van der Waals surface area contributed by atoms with Crippen molar-refractivity contribution < 1.29 is 14.7 Å². The van der Waals surface area contributed by atoms with Crippen LogP contribution in [0.25, 0.3) is 5.52 Å². The number of nitrogens with zero attached hydrogens (tertiary/aromatic N) is 4. The van der Waals surface area contributed by atoms with E-state index in [2.05, 4.69) is 15.3 Å². The zero-order valence-corrected chi connectivity index (χ0v) is 11.9. The Morgan fingerprint density at radius 1 is 1.45 bits per heavy atom. The summed E-state index contributed by atoms with van der Waals surface area (Å²) >= 11 is 0. The molecule has 3 heterocycles. The molecule has 0 radical (unpaired) electrons. The number of piperidine rings is 1. The van der Waals surface area contributed by atoms with Gasteiger partial charge in [0.2, 0.25) is 0 Å². The second-order valence-corrected chi connectivity index (χ2v) is 5.43. The van der Waals surface area contributed by atoms with Gasteiger partial charge in [-0.05, 0) is 19.8 Å². The molecule has 2 aromatic rings. The molecule has 1 amide bonds. The predicted molar refractivity (Wildman–Crippen MR) is 74.6 cm³/mol. The molecular weight excluding hydrogens is 290 g/mol. The number of aromatic amines is 1. The number of hydrogen-bond donors (Lipinski definition) is 2. The number of aromatic nitrogens is 4. The Kier molecular flexibility index (Phi) is 3.39. The summed E-state index contributed by atoms with van der Waals surface area (Å²) in [5, 5.41) is 16.7. The molecular formula is C13H15N5O4. The number of nitrogens with one attached hydrogen (secondary N) is 1. The number of carbonyl (C=O) groups excluding carboxylic acids is 1. The van der Waals surface area contributed by atoms with Crippen LogP contribution in [0, 0.1) is 12.8 Å². The zero-order chi connectivity index (χ0) is 15.9. The van der Waals surface area contributed by atoms with Crippen LogP contribution in [0.1, 0.15) is 29.0 Å². The van der Waals surface area contributed by atoms with E-state index in [0.717, 1.165) is 0 Å². The van der Waals surface area contributed by atoms with Gasteiger partial charge in [0.25, 0.3) is 11.5 Å². The third-order valence-electron chi connectivity index (χ3n) is 3.80. The summed E-state index contributed by atoms with van der Waals surface area (Å²) in [6.07, 6.45) is 2.72. The van der Waals surface area contributed by atoms with Gasteiger partial charge in [0.15, 0.2) is 11.2 Å². The number of H-pyrrole nitrogens is 1. The molecule has 0 bridgehead atoms. The van der Waals surface area contributed by atoms with Gasteiger partial charge in [-0.25, -0.2) is 4.52 Å². The fourth-order valence-electron chi connectivity index (χ4n) is 2.71. The summed E-state index contributed by atoms with van der Waals surface area (Å²) in [5.74, 6) is -1.96. The molecule has 116 valence electrons. The first-order valence-electron chi connectivity index (χ1n) is 6.94. The van der Waals surface area contributed by atoms with E-state index in [-0.39, 0.29) is 17.8 Å². The van der Waals surface area contributed by atoms with Crippen molar-refractivity contribution in [3.63, 3.8) is 0 Å². The summed E-state index contributed by atoms with van der Waals surface area (Å²) in [6, 6.07) is 0. The lowest BCUT2D eigenvalue weighted by molar-refractivity contribution is -0.143. The van der Waals surface area contributed by atoms with Crippen molar-refractivity contribution >= 4 is 17.4 Å². The smallest absolute Gasteiger partial charge is 0.308 e. The molecule has 0 aromatic carbocycles. The average molecular weight is 305 g/mol. The molecule has 9 nitrogen and oxygen atoms in total. The molecule has 1 unspecified atom stereocenters. The Labute approximate surface area is 124 Å². The second kappa shape index (κ2) is 5.24. The molecule has 9 heteroatoms. The summed E-state index contributed by atoms with van der Waals surface area (Å²) in [4.78, 5) is 39.7. The maximum atomic E-state index is 12.5. The van der Waals surface area contributed by atoms with E-state index in [1.807, 2.05) is 0 Å². The second-order valence-electron chi connectivity index (χ2n) is 5.43. The van der Waals surface area contributed by atoms with E-state index >= 15 is 0 Å². The Morgan fingerprint density at radius 3 is 2.95 bits per heavy atom. The van der Waals surface area contributed by atoms with Crippen LogP contribution in [-0.4, -0.2) is 54.8 Å². The standard InChI is InChI=1S/C13H15N5O4/c1-7-5-18-10(11(19)14-7)9(15-16-18)12(20)17-4-2-3-8(6-17)13(21)22/h5,8H,2-4,6H2,1H3,(H,14,19)(H,21,22). The molecule has 1 aliphatic heterocycles. The lowest BCUT2D eigenvalue weighted by Gasteiger charge is -2.30. The van der Waals surface area contributed by atoms with Crippen molar-refractivity contribution in [2.75, 3.05) is 13.1 Å². The Morgan fingerprint density at radius 2 is 2.23 bits per heavy atom. The highest BCUT2D eigenvalue weighted by atomic mass is 16.4. The highest BCUT2D eigenvalue weighted by Gasteiger charge is 2.31. The Balaban J connectivity index is 1.96. The van der Waals surface area contributed by atoms with Crippen LogP contribution in [0.5, 0.6) is 0 Å². The van der Waals surface area contributed by atoms with E-state index in [0.29, 0.717) is 25.1 Å². The molecule has 22 heavy (non-hydrogen) atoms. The number of aliphatic carboxylic acids is 1. The minimum atomic E-state index is -0.918. The summed E-state index contributed by atoms with van der Waals surface area (Å²) < 4.78 is 1.26. The predicted octanol–water partition coefficient (Wildman–Crippen LogP) is -0.337. The minimum Gasteiger partial charge on any atom is -0.481 e. The zero-order valence-electron chi connectivity index (χ0n) is 11.9. The number of carbonyl (C=O) groups is 2. The molecule has 1 fully saturated rings. The number of fused-ring (bicyclic) bond motifs is 1. The topological polar surface area (TPSA) is 121 Å². The summed E-state index contributed by atoms with van der Waals surface area (Å²) in [6.45, 7) is 2.27. The van der Waals surface area contributed by atoms with E-state index in [1.165, 1.54) is 9.42 Å². The fourth-order valence-corrected chi connectivity index (χ4v) is 2.71. The summed E-state index contributed by atoms with van der Waals surface area (Å²) in [5.41, 5.74) is 0.186. The van der Waals surface area contributed by atoms with Crippen LogP contribution >= 0.6 is 0 Å². The van der Waals surface area contributed by atoms with E-state index in [9.17, 15) is 14.4 Å². The van der Waals surface area contributed by atoms with Gasteiger partial charge in [0.1, 0.15) is 0 Å². The minimum absolute atomic E-state index is 0.0488. The maximum absolute atomic E-state index is 12.5. The SMILES string of the molecule is Cc1cn2nnc(C(=O)N3CCCC(C(=O)O)C3)c2c(=O)[nH]1. The molecule has 2 N–H and O–H groups in total. The van der Waals surface area contributed by atoms with Gasteiger partial charge in [-0.3, -0.25) is 14.4 Å². The van der Waals surface area contributed by atoms with E-state index < -0.39 is 23.4 Å². The third kappa shape index (κ3) is 2.34. The molecule has 0 spiro atoms. The van der Waals surface area contributed by atoms with Crippen molar-refractivity contribution in [3.05, 3.63) is 27.9 Å². The first-order chi connectivity index (χ1) is 10.5. The van der Waals surface area contributed by atoms with Crippen LogP contribution in [0.3, 0.4) is 0 Å². The quantitative estimate of drug-likeness (QED) is 0.783. The third-order valence-corrected chi connectivity index (χ3v) is 3.80. The molecule has 1 saturated heterocycles. The summed E-state index contributed by atoms with van der Waals surface area (Å²) in [7, 11) is 0. The highest BCUT2D eigenvalue weighted by Crippen LogP contribution is 2.19. The monoisotopic (exact) mass is 305 g/mol. The van der Waals surface area contributed by atoms with Gasteiger partial charge in [0, 0.05) is 18.8 Å². The highest BCUT2D eigenvalue weighted by molar-refractivity contribution is 5.98. The number of carboxylic acid groups (broad SMARTS) is 1. The lowest BCUT2D eigenvalue weighted by atomic mass is 9.98. The van der Waals surface area contributed by atoms with Gasteiger partial charge in [-0.15, -0.1) is 5.10 Å². The van der Waals surface area contributed by atoms with Crippen LogP contribution in [0.4, 0.5) is 0 Å². The fraction of sp³-hybridized carbons (Fsp3) is 0.462. The maximum Gasteiger partial charge on any atom is 0.308 e. The van der Waals surface area contributed by atoms with E-state index in [4.69, 9.17) is 5.11 Å². The molecule has 1 aliphatic rings. The molecule has 0 saturated carbocycles. The number of aryl methyl sites for hydroxylation is 1. The van der Waals surface area contributed by atoms with Gasteiger partial charge in [-0.2, -0.15) is 0 Å². The van der Waals surface area contributed by atoms with Crippen molar-refractivity contribution in [2.24, 2.45) is 5.92 Å². The van der Waals surface area contributed by atoms with Crippen molar-refractivity contribution in [1.82, 2.24) is 24.7 Å². The van der Waals surface area contributed by atoms with Gasteiger partial charge in [-0.1, -0.05) is 5.21 Å². The van der Waals surface area contributed by atoms with Crippen molar-refractivity contribution in [1.29, 1.82) is 0 Å². The number of carboxylic acids is 1. The van der Waals surface area contributed by atoms with E-state index in [1.54, 1.807) is 13.1 Å². The van der Waals surface area contributed by atoms with Crippen LogP contribution < -0.4 is 5.56 Å². The Hall–Kier alpha value is -2.71. The molecule has 1 atom stereocenters. The van der Waals surface area contributed by atoms with Gasteiger partial charge < -0.3 is 15.0 Å². The number of likely N-dealkylation sites (tertiary alicyclic amines) is 1. The van der Waals surface area contributed by atoms with Gasteiger partial charge >= 0.3 is 5.97 Å². The van der Waals surface area contributed by atoms with Crippen molar-refractivity contribution in [3.8, 4) is 0 Å². The van der Waals surface area contributed by atoms with Gasteiger partial charge in [0.05, 0.1) is 12.1 Å². The largest absolute Gasteiger partial charge is 0.481 e. The first-order valence-corrected chi connectivity index (χ1v) is 6.94. The molecule has 2 aromatic heterocycles. The number of amides is 1. The number of rotatable bonds is 2.